The summed E-state index contributed by atoms with van der Waals surface area (Å²) in [5, 5.41) is 36.5. The van der Waals surface area contributed by atoms with Gasteiger partial charge in [0.25, 0.3) is 0 Å². The van der Waals surface area contributed by atoms with Crippen LogP contribution in [0, 0.1) is 0 Å². The Morgan fingerprint density at radius 2 is 2.10 bits per heavy atom. The average molecular weight is 298 g/mol. The minimum absolute atomic E-state index is 0.00953. The number of ether oxygens (including phenoxy) is 2. The molecule has 11 nitrogen and oxygen atoms in total. The Morgan fingerprint density at radius 3 is 2.71 bits per heavy atom. The van der Waals surface area contributed by atoms with Gasteiger partial charge in [-0.1, -0.05) is 5.21 Å². The van der Waals surface area contributed by atoms with Crippen molar-refractivity contribution in [3.63, 3.8) is 0 Å². The summed E-state index contributed by atoms with van der Waals surface area (Å²) in [5.74, 6) is 0.0647. The fourth-order valence-corrected chi connectivity index (χ4v) is 2.17. The van der Waals surface area contributed by atoms with Gasteiger partial charge in [-0.05, 0) is 0 Å². The van der Waals surface area contributed by atoms with Crippen LogP contribution in [-0.2, 0) is 4.74 Å². The number of fused-ring (bicyclic) bond motifs is 1. The minimum atomic E-state index is -1.30. The van der Waals surface area contributed by atoms with Crippen molar-refractivity contribution >= 4 is 17.0 Å². The van der Waals surface area contributed by atoms with Crippen molar-refractivity contribution in [3.8, 4) is 6.01 Å². The van der Waals surface area contributed by atoms with Crippen molar-refractivity contribution in [3.05, 3.63) is 0 Å². The predicted molar refractivity (Wildman–Crippen MR) is 67.1 cm³/mol. The van der Waals surface area contributed by atoms with Gasteiger partial charge in [-0.25, -0.2) is 0 Å². The number of aromatic nitrogens is 5. The van der Waals surface area contributed by atoms with Crippen molar-refractivity contribution in [1.29, 1.82) is 0 Å². The number of nitrogens with two attached hydrogens (primary N) is 1. The molecule has 0 radical (unpaired) electrons. The summed E-state index contributed by atoms with van der Waals surface area (Å²) in [6.45, 7) is -0.443. The number of rotatable bonds is 3. The molecule has 0 aliphatic carbocycles. The van der Waals surface area contributed by atoms with E-state index in [2.05, 4.69) is 20.3 Å². The summed E-state index contributed by atoms with van der Waals surface area (Å²) in [5.41, 5.74) is 6.13. The van der Waals surface area contributed by atoms with Crippen LogP contribution < -0.4 is 10.5 Å². The molecule has 0 amide bonds. The van der Waals surface area contributed by atoms with Gasteiger partial charge in [0.2, 0.25) is 0 Å². The van der Waals surface area contributed by atoms with E-state index in [1.807, 2.05) is 0 Å². The maximum absolute atomic E-state index is 10.0. The average Bonchev–Trinajstić information content (AvgIpc) is 3.02. The molecule has 21 heavy (non-hydrogen) atoms. The standard InChI is InChI=1S/C10H14N6O5/c1-20-10-12-7(11)4-8(13-10)16(15-14-4)9-6(19)5(18)3(2-17)21-9/h3,5-6,9,17-19H,2H2,1H3,(H2,11,12,13)/t3-,5-,6-,9-/m1/s1. The molecule has 0 aromatic carbocycles. The first kappa shape index (κ1) is 13.9. The highest BCUT2D eigenvalue weighted by molar-refractivity contribution is 5.81. The molecule has 1 aliphatic heterocycles. The van der Waals surface area contributed by atoms with E-state index in [1.165, 1.54) is 11.8 Å². The molecule has 2 aromatic heterocycles. The highest BCUT2D eigenvalue weighted by atomic mass is 16.6. The van der Waals surface area contributed by atoms with E-state index in [0.29, 0.717) is 0 Å². The number of nitrogens with zero attached hydrogens (tertiary/aromatic N) is 5. The normalized spacial score (nSPS) is 29.1. The predicted octanol–water partition coefficient (Wildman–Crippen LogP) is -2.58. The van der Waals surface area contributed by atoms with Crippen LogP contribution in [0.2, 0.25) is 0 Å². The second-order valence-electron chi connectivity index (χ2n) is 4.53. The first-order valence-corrected chi connectivity index (χ1v) is 6.11. The van der Waals surface area contributed by atoms with Crippen LogP contribution in [0.3, 0.4) is 0 Å². The lowest BCUT2D eigenvalue weighted by atomic mass is 10.1. The Bertz CT molecular complexity index is 663. The van der Waals surface area contributed by atoms with Gasteiger partial charge in [-0.15, -0.1) is 5.10 Å². The third-order valence-corrected chi connectivity index (χ3v) is 3.27. The topological polar surface area (TPSA) is 162 Å². The molecule has 4 atom stereocenters. The smallest absolute Gasteiger partial charge is 0.320 e. The number of nitrogen functional groups attached to an aromatic ring is 1. The molecule has 0 saturated carbocycles. The van der Waals surface area contributed by atoms with E-state index in [0.717, 1.165) is 0 Å². The zero-order valence-corrected chi connectivity index (χ0v) is 11.0. The van der Waals surface area contributed by atoms with Gasteiger partial charge in [0.05, 0.1) is 13.7 Å². The van der Waals surface area contributed by atoms with Crippen molar-refractivity contribution in [2.45, 2.75) is 24.5 Å². The van der Waals surface area contributed by atoms with Gasteiger partial charge in [0, 0.05) is 0 Å². The van der Waals surface area contributed by atoms with Crippen LogP contribution in [0.15, 0.2) is 0 Å². The van der Waals surface area contributed by atoms with Crippen LogP contribution in [0.5, 0.6) is 6.01 Å². The molecule has 114 valence electrons. The van der Waals surface area contributed by atoms with Crippen LogP contribution >= 0.6 is 0 Å². The second-order valence-corrected chi connectivity index (χ2v) is 4.53. The van der Waals surface area contributed by atoms with Gasteiger partial charge < -0.3 is 30.5 Å². The molecule has 0 bridgehead atoms. The van der Waals surface area contributed by atoms with Gasteiger partial charge in [0.1, 0.15) is 18.3 Å². The molecule has 2 aromatic rings. The fourth-order valence-electron chi connectivity index (χ4n) is 2.17. The molecule has 11 heteroatoms. The molecule has 3 rings (SSSR count). The first-order chi connectivity index (χ1) is 10.1. The van der Waals surface area contributed by atoms with E-state index >= 15 is 0 Å². The summed E-state index contributed by atoms with van der Waals surface area (Å²) in [4.78, 5) is 7.92. The van der Waals surface area contributed by atoms with Crippen LogP contribution in [0.4, 0.5) is 5.82 Å². The number of hydrogen-bond acceptors (Lipinski definition) is 10. The van der Waals surface area contributed by atoms with E-state index in [9.17, 15) is 10.2 Å². The number of hydrogen-bond donors (Lipinski definition) is 4. The van der Waals surface area contributed by atoms with Crippen molar-refractivity contribution in [2.24, 2.45) is 0 Å². The van der Waals surface area contributed by atoms with Crippen molar-refractivity contribution in [1.82, 2.24) is 25.0 Å². The van der Waals surface area contributed by atoms with Gasteiger partial charge in [0.15, 0.2) is 23.2 Å². The maximum Gasteiger partial charge on any atom is 0.320 e. The Labute approximate surface area is 117 Å². The summed E-state index contributed by atoms with van der Waals surface area (Å²) >= 11 is 0. The molecular formula is C10H14N6O5. The molecule has 0 spiro atoms. The zero-order chi connectivity index (χ0) is 15.1. The monoisotopic (exact) mass is 298 g/mol. The van der Waals surface area contributed by atoms with Gasteiger partial charge in [-0.3, -0.25) is 0 Å². The lowest BCUT2D eigenvalue weighted by Gasteiger charge is -2.14. The molecule has 1 saturated heterocycles. The summed E-state index contributed by atoms with van der Waals surface area (Å²) in [6.07, 6.45) is -4.53. The Morgan fingerprint density at radius 1 is 1.33 bits per heavy atom. The molecular weight excluding hydrogens is 284 g/mol. The van der Waals surface area contributed by atoms with E-state index in [4.69, 9.17) is 20.3 Å². The third-order valence-electron chi connectivity index (χ3n) is 3.27. The number of methoxy groups -OCH3 is 1. The Kier molecular flexibility index (Phi) is 3.33. The SMILES string of the molecule is COc1nc(N)c2nnn([C@@H]3O[C@H](CO)[C@@H](O)[C@H]3O)c2n1. The highest BCUT2D eigenvalue weighted by Crippen LogP contribution is 2.31. The van der Waals surface area contributed by atoms with Gasteiger partial charge in [-0.2, -0.15) is 14.6 Å². The molecule has 5 N–H and O–H groups in total. The fraction of sp³-hybridized carbons (Fsp3) is 0.600. The lowest BCUT2D eigenvalue weighted by molar-refractivity contribution is -0.0575. The largest absolute Gasteiger partial charge is 0.467 e. The number of aliphatic hydroxyl groups excluding tert-OH is 3. The molecule has 0 unspecified atom stereocenters. The van der Waals surface area contributed by atoms with Gasteiger partial charge >= 0.3 is 6.01 Å². The van der Waals surface area contributed by atoms with E-state index in [-0.39, 0.29) is 23.0 Å². The maximum atomic E-state index is 10.0. The molecule has 3 heterocycles. The molecule has 1 aliphatic rings. The highest BCUT2D eigenvalue weighted by Gasteiger charge is 2.44. The number of aliphatic hydroxyl groups is 3. The summed E-state index contributed by atoms with van der Waals surface area (Å²) in [6, 6.07) is 0.00953. The lowest BCUT2D eigenvalue weighted by Crippen LogP contribution is -2.33. The Balaban J connectivity index is 2.07. The summed E-state index contributed by atoms with van der Waals surface area (Å²) < 4.78 is 11.5. The quantitative estimate of drug-likeness (QED) is 0.473. The van der Waals surface area contributed by atoms with E-state index < -0.39 is 31.1 Å². The first-order valence-electron chi connectivity index (χ1n) is 6.11. The van der Waals surface area contributed by atoms with Crippen LogP contribution in [0.1, 0.15) is 6.23 Å². The van der Waals surface area contributed by atoms with Crippen molar-refractivity contribution < 1.29 is 24.8 Å². The minimum Gasteiger partial charge on any atom is -0.467 e. The van der Waals surface area contributed by atoms with E-state index in [1.54, 1.807) is 0 Å². The summed E-state index contributed by atoms with van der Waals surface area (Å²) in [7, 11) is 1.38. The third kappa shape index (κ3) is 2.06. The Hall–Kier alpha value is -2.08. The second kappa shape index (κ2) is 5.04. The van der Waals surface area contributed by atoms with Crippen molar-refractivity contribution in [2.75, 3.05) is 19.5 Å². The number of anilines is 1. The van der Waals surface area contributed by atoms with Crippen LogP contribution in [0.25, 0.3) is 11.2 Å². The zero-order valence-electron chi connectivity index (χ0n) is 11.0. The molecule has 1 fully saturated rings. The van der Waals surface area contributed by atoms with Crippen LogP contribution in [-0.4, -0.2) is 72.3 Å².